The Hall–Kier alpha value is -0.100. The van der Waals surface area contributed by atoms with Gasteiger partial charge in [-0.05, 0) is 48.3 Å². The fourth-order valence-corrected chi connectivity index (χ4v) is 3.01. The summed E-state index contributed by atoms with van der Waals surface area (Å²) in [5.74, 6) is 1.85. The Morgan fingerprint density at radius 1 is 1.56 bits per heavy atom. The van der Waals surface area contributed by atoms with Crippen molar-refractivity contribution in [3.8, 4) is 0 Å². The molecule has 1 aromatic heterocycles. The molecule has 0 aliphatic carbocycles. The summed E-state index contributed by atoms with van der Waals surface area (Å²) in [6.45, 7) is 1.11. The third-order valence-corrected chi connectivity index (χ3v) is 4.00. The predicted molar refractivity (Wildman–Crippen MR) is 75.1 cm³/mol. The van der Waals surface area contributed by atoms with Crippen LogP contribution in [0, 0.1) is 3.57 Å². The summed E-state index contributed by atoms with van der Waals surface area (Å²) < 4.78 is 1.14. The summed E-state index contributed by atoms with van der Waals surface area (Å²) >= 11 is 8.06. The highest BCUT2D eigenvalue weighted by Gasteiger charge is 2.26. The smallest absolute Gasteiger partial charge is 0.145 e. The van der Waals surface area contributed by atoms with Gasteiger partial charge in [0.1, 0.15) is 12.1 Å². The lowest BCUT2D eigenvalue weighted by molar-refractivity contribution is 0.597. The molecule has 2 heterocycles. The molecule has 88 valence electrons. The number of alkyl halides is 1. The van der Waals surface area contributed by atoms with Crippen molar-refractivity contribution in [2.24, 2.45) is 0 Å². The van der Waals surface area contributed by atoms with Gasteiger partial charge in [0.05, 0.1) is 3.57 Å². The fourth-order valence-electron chi connectivity index (χ4n) is 2.24. The van der Waals surface area contributed by atoms with E-state index >= 15 is 0 Å². The van der Waals surface area contributed by atoms with E-state index in [2.05, 4.69) is 37.5 Å². The second-order valence-corrected chi connectivity index (χ2v) is 5.56. The van der Waals surface area contributed by atoms with Crippen LogP contribution in [0.25, 0.3) is 0 Å². The summed E-state index contributed by atoms with van der Waals surface area (Å²) in [4.78, 5) is 10.8. The number of hydrogen-bond donors (Lipinski definition) is 0. The normalized spacial score (nSPS) is 20.4. The number of nitrogens with zero attached hydrogens (tertiary/aromatic N) is 3. The molecular formula is C11H15ClIN3. The minimum atomic E-state index is 0.613. The van der Waals surface area contributed by atoms with E-state index in [1.807, 2.05) is 6.20 Å². The maximum absolute atomic E-state index is 5.76. The number of halogens is 2. The van der Waals surface area contributed by atoms with E-state index in [0.717, 1.165) is 28.2 Å². The highest BCUT2D eigenvalue weighted by atomic mass is 127. The van der Waals surface area contributed by atoms with Gasteiger partial charge >= 0.3 is 0 Å². The van der Waals surface area contributed by atoms with Gasteiger partial charge in [-0.1, -0.05) is 0 Å². The molecule has 0 spiro atoms. The van der Waals surface area contributed by atoms with Crippen molar-refractivity contribution in [1.29, 1.82) is 0 Å². The summed E-state index contributed by atoms with van der Waals surface area (Å²) in [7, 11) is 0. The van der Waals surface area contributed by atoms with Crippen molar-refractivity contribution in [3.05, 3.63) is 16.1 Å². The van der Waals surface area contributed by atoms with Crippen LogP contribution >= 0.6 is 34.2 Å². The van der Waals surface area contributed by atoms with Crippen LogP contribution in [0.3, 0.4) is 0 Å². The average molecular weight is 352 g/mol. The second kappa shape index (κ2) is 6.00. The Kier molecular flexibility index (Phi) is 4.64. The molecule has 1 saturated heterocycles. The van der Waals surface area contributed by atoms with Crippen LogP contribution in [0.5, 0.6) is 0 Å². The van der Waals surface area contributed by atoms with Gasteiger partial charge in [-0.3, -0.25) is 0 Å². The molecule has 1 aliphatic heterocycles. The molecule has 2 rings (SSSR count). The quantitative estimate of drug-likeness (QED) is 0.617. The third-order valence-electron chi connectivity index (χ3n) is 2.97. The minimum Gasteiger partial charge on any atom is -0.353 e. The Bertz CT molecular complexity index is 348. The molecule has 0 amide bonds. The molecule has 1 aliphatic rings. The van der Waals surface area contributed by atoms with Crippen molar-refractivity contribution < 1.29 is 0 Å². The van der Waals surface area contributed by atoms with Crippen LogP contribution in [0.4, 0.5) is 5.82 Å². The van der Waals surface area contributed by atoms with Gasteiger partial charge in [0.25, 0.3) is 0 Å². The lowest BCUT2D eigenvalue weighted by Crippen LogP contribution is -2.30. The topological polar surface area (TPSA) is 29.0 Å². The van der Waals surface area contributed by atoms with Gasteiger partial charge in [-0.25, -0.2) is 9.97 Å². The summed E-state index contributed by atoms with van der Waals surface area (Å²) in [5.41, 5.74) is 0. The molecule has 0 bridgehead atoms. The van der Waals surface area contributed by atoms with Crippen LogP contribution < -0.4 is 4.90 Å². The highest BCUT2D eigenvalue weighted by molar-refractivity contribution is 14.1. The minimum absolute atomic E-state index is 0.613. The Morgan fingerprint density at radius 3 is 3.19 bits per heavy atom. The number of rotatable bonds is 4. The standard InChI is InChI=1S/C11H15ClIN3/c12-5-1-3-9-4-2-6-16(9)11-10(13)7-14-8-15-11/h7-9H,1-6H2. The summed E-state index contributed by atoms with van der Waals surface area (Å²) in [6.07, 6.45) is 8.28. The van der Waals surface area contributed by atoms with Crippen molar-refractivity contribution in [3.63, 3.8) is 0 Å². The first-order chi connectivity index (χ1) is 7.83. The van der Waals surface area contributed by atoms with E-state index in [1.165, 1.54) is 19.3 Å². The number of anilines is 1. The van der Waals surface area contributed by atoms with E-state index in [1.54, 1.807) is 6.33 Å². The van der Waals surface area contributed by atoms with Gasteiger partial charge in [0.2, 0.25) is 0 Å². The highest BCUT2D eigenvalue weighted by Crippen LogP contribution is 2.29. The maximum Gasteiger partial charge on any atom is 0.145 e. The lowest BCUT2D eigenvalue weighted by Gasteiger charge is -2.26. The first-order valence-corrected chi connectivity index (χ1v) is 7.22. The maximum atomic E-state index is 5.76. The van der Waals surface area contributed by atoms with E-state index in [4.69, 9.17) is 11.6 Å². The molecule has 5 heteroatoms. The molecule has 1 fully saturated rings. The van der Waals surface area contributed by atoms with Gasteiger partial charge in [-0.15, -0.1) is 11.6 Å². The number of hydrogen-bond acceptors (Lipinski definition) is 3. The Labute approximate surface area is 115 Å². The molecule has 16 heavy (non-hydrogen) atoms. The van der Waals surface area contributed by atoms with E-state index in [-0.39, 0.29) is 0 Å². The van der Waals surface area contributed by atoms with Gasteiger partial charge in [0, 0.05) is 24.7 Å². The van der Waals surface area contributed by atoms with Gasteiger partial charge in [-0.2, -0.15) is 0 Å². The Balaban J connectivity index is 2.10. The van der Waals surface area contributed by atoms with E-state index < -0.39 is 0 Å². The Morgan fingerprint density at radius 2 is 2.44 bits per heavy atom. The second-order valence-electron chi connectivity index (χ2n) is 4.01. The average Bonchev–Trinajstić information content (AvgIpc) is 2.75. The van der Waals surface area contributed by atoms with Crippen LogP contribution in [-0.2, 0) is 0 Å². The van der Waals surface area contributed by atoms with Crippen LogP contribution in [0.2, 0.25) is 0 Å². The number of aromatic nitrogens is 2. The van der Waals surface area contributed by atoms with Crippen molar-refractivity contribution >= 4 is 40.0 Å². The zero-order valence-corrected chi connectivity index (χ0v) is 12.0. The molecule has 0 aromatic carbocycles. The first-order valence-electron chi connectivity index (χ1n) is 5.61. The SMILES string of the molecule is ClCCCC1CCCN1c1ncncc1I. The largest absolute Gasteiger partial charge is 0.353 e. The summed E-state index contributed by atoms with van der Waals surface area (Å²) in [6, 6.07) is 0.613. The van der Waals surface area contributed by atoms with E-state index in [9.17, 15) is 0 Å². The zero-order chi connectivity index (χ0) is 11.4. The fraction of sp³-hybridized carbons (Fsp3) is 0.636. The monoisotopic (exact) mass is 351 g/mol. The first kappa shape index (κ1) is 12.4. The lowest BCUT2D eigenvalue weighted by atomic mass is 10.1. The molecule has 1 aromatic rings. The summed E-state index contributed by atoms with van der Waals surface area (Å²) in [5, 5.41) is 0. The van der Waals surface area contributed by atoms with E-state index in [0.29, 0.717) is 6.04 Å². The van der Waals surface area contributed by atoms with Gasteiger partial charge in [0.15, 0.2) is 0 Å². The molecular weight excluding hydrogens is 336 g/mol. The third kappa shape index (κ3) is 2.77. The molecule has 0 saturated carbocycles. The molecule has 1 unspecified atom stereocenters. The van der Waals surface area contributed by atoms with Crippen LogP contribution in [0.15, 0.2) is 12.5 Å². The van der Waals surface area contributed by atoms with Crippen LogP contribution in [-0.4, -0.2) is 28.4 Å². The van der Waals surface area contributed by atoms with Crippen molar-refractivity contribution in [2.75, 3.05) is 17.3 Å². The molecule has 0 radical (unpaired) electrons. The van der Waals surface area contributed by atoms with Crippen molar-refractivity contribution in [2.45, 2.75) is 31.7 Å². The molecule has 0 N–H and O–H groups in total. The zero-order valence-electron chi connectivity index (χ0n) is 9.07. The molecule has 1 atom stereocenters. The van der Waals surface area contributed by atoms with Crippen LogP contribution in [0.1, 0.15) is 25.7 Å². The predicted octanol–water partition coefficient (Wildman–Crippen LogP) is 3.07. The van der Waals surface area contributed by atoms with Gasteiger partial charge < -0.3 is 4.90 Å². The molecule has 3 nitrogen and oxygen atoms in total. The van der Waals surface area contributed by atoms with Crippen molar-refractivity contribution in [1.82, 2.24) is 9.97 Å².